The molecule has 0 N–H and O–H groups in total. The van der Waals surface area contributed by atoms with E-state index in [0.29, 0.717) is 19.1 Å². The van der Waals surface area contributed by atoms with Crippen LogP contribution in [-0.2, 0) is 9.53 Å². The summed E-state index contributed by atoms with van der Waals surface area (Å²) >= 11 is 0. The Labute approximate surface area is 144 Å². The van der Waals surface area contributed by atoms with E-state index in [1.807, 2.05) is 35.2 Å². The zero-order chi connectivity index (χ0) is 16.6. The minimum Gasteiger partial charge on any atom is -0.494 e. The fraction of sp³-hybridized carbons (Fsp3) is 0.632. The minimum absolute atomic E-state index is 0.208. The predicted molar refractivity (Wildman–Crippen MR) is 93.1 cm³/mol. The average molecular weight is 332 g/mol. The number of para-hydroxylation sites is 1. The van der Waals surface area contributed by atoms with Crippen LogP contribution >= 0.6 is 0 Å². The summed E-state index contributed by atoms with van der Waals surface area (Å²) in [6.07, 6.45) is 2.99. The van der Waals surface area contributed by atoms with E-state index in [2.05, 4.69) is 4.90 Å². The highest BCUT2D eigenvalue weighted by Crippen LogP contribution is 2.20. The van der Waals surface area contributed by atoms with Crippen molar-refractivity contribution in [3.63, 3.8) is 0 Å². The number of carbonyl (C=O) groups is 1. The van der Waals surface area contributed by atoms with Gasteiger partial charge in [-0.25, -0.2) is 0 Å². The lowest BCUT2D eigenvalue weighted by atomic mass is 9.95. The number of ether oxygens (including phenoxy) is 2. The smallest absolute Gasteiger partial charge is 0.225 e. The van der Waals surface area contributed by atoms with Gasteiger partial charge >= 0.3 is 0 Å². The molecule has 2 heterocycles. The molecule has 2 saturated heterocycles. The lowest BCUT2D eigenvalue weighted by Gasteiger charge is -2.35. The van der Waals surface area contributed by atoms with Gasteiger partial charge in [-0.05, 0) is 44.5 Å². The highest BCUT2D eigenvalue weighted by atomic mass is 16.5. The van der Waals surface area contributed by atoms with E-state index < -0.39 is 0 Å². The van der Waals surface area contributed by atoms with Gasteiger partial charge in [0.25, 0.3) is 0 Å². The molecule has 1 aromatic carbocycles. The molecule has 1 aromatic rings. The number of nitrogens with zero attached hydrogens (tertiary/aromatic N) is 2. The van der Waals surface area contributed by atoms with Gasteiger partial charge in [-0.15, -0.1) is 0 Å². The molecule has 0 bridgehead atoms. The van der Waals surface area contributed by atoms with Gasteiger partial charge < -0.3 is 19.3 Å². The van der Waals surface area contributed by atoms with Crippen LogP contribution in [0.15, 0.2) is 30.3 Å². The maximum atomic E-state index is 12.5. The second-order valence-electron chi connectivity index (χ2n) is 6.57. The molecular formula is C19H28N2O3. The fourth-order valence-electron chi connectivity index (χ4n) is 3.44. The molecule has 1 amide bonds. The SMILES string of the molecule is O=C(C1CCN(CCCOc2ccccc2)CC1)N1CCOCC1. The molecule has 5 heteroatoms. The average Bonchev–Trinajstić information content (AvgIpc) is 2.67. The van der Waals surface area contributed by atoms with Crippen molar-refractivity contribution in [2.24, 2.45) is 5.92 Å². The second-order valence-corrected chi connectivity index (χ2v) is 6.57. The maximum Gasteiger partial charge on any atom is 0.225 e. The van der Waals surface area contributed by atoms with Crippen molar-refractivity contribution in [1.29, 1.82) is 0 Å². The van der Waals surface area contributed by atoms with Crippen molar-refractivity contribution >= 4 is 5.91 Å². The number of amides is 1. The molecule has 0 unspecified atom stereocenters. The van der Waals surface area contributed by atoms with E-state index in [4.69, 9.17) is 9.47 Å². The molecule has 2 fully saturated rings. The maximum absolute atomic E-state index is 12.5. The van der Waals surface area contributed by atoms with E-state index in [-0.39, 0.29) is 5.92 Å². The Morgan fingerprint density at radius 1 is 1.08 bits per heavy atom. The van der Waals surface area contributed by atoms with Crippen molar-refractivity contribution in [2.75, 3.05) is 52.5 Å². The van der Waals surface area contributed by atoms with Crippen molar-refractivity contribution in [2.45, 2.75) is 19.3 Å². The van der Waals surface area contributed by atoms with Crippen LogP contribution < -0.4 is 4.74 Å². The van der Waals surface area contributed by atoms with Crippen molar-refractivity contribution in [3.8, 4) is 5.75 Å². The molecule has 0 spiro atoms. The molecule has 2 aliphatic heterocycles. The van der Waals surface area contributed by atoms with E-state index in [0.717, 1.165) is 64.3 Å². The Bertz CT molecular complexity index is 495. The quantitative estimate of drug-likeness (QED) is 0.748. The van der Waals surface area contributed by atoms with Crippen LogP contribution in [0.25, 0.3) is 0 Å². The van der Waals surface area contributed by atoms with Crippen LogP contribution in [0, 0.1) is 5.92 Å². The number of carbonyl (C=O) groups excluding carboxylic acids is 1. The Morgan fingerprint density at radius 2 is 1.79 bits per heavy atom. The summed E-state index contributed by atoms with van der Waals surface area (Å²) in [6, 6.07) is 9.96. The van der Waals surface area contributed by atoms with E-state index in [9.17, 15) is 4.79 Å². The van der Waals surface area contributed by atoms with Crippen molar-refractivity contribution in [1.82, 2.24) is 9.80 Å². The number of likely N-dealkylation sites (tertiary alicyclic amines) is 1. The van der Waals surface area contributed by atoms with Crippen LogP contribution in [-0.4, -0.2) is 68.3 Å². The topological polar surface area (TPSA) is 42.0 Å². The fourth-order valence-corrected chi connectivity index (χ4v) is 3.44. The lowest BCUT2D eigenvalue weighted by Crippen LogP contribution is -2.46. The zero-order valence-corrected chi connectivity index (χ0v) is 14.4. The van der Waals surface area contributed by atoms with Crippen LogP contribution in [0.4, 0.5) is 0 Å². The molecule has 2 aliphatic rings. The highest BCUT2D eigenvalue weighted by molar-refractivity contribution is 5.79. The third-order valence-corrected chi connectivity index (χ3v) is 4.89. The summed E-state index contributed by atoms with van der Waals surface area (Å²) in [5.74, 6) is 1.48. The van der Waals surface area contributed by atoms with Crippen LogP contribution in [0.2, 0.25) is 0 Å². The van der Waals surface area contributed by atoms with Crippen molar-refractivity contribution in [3.05, 3.63) is 30.3 Å². The molecule has 0 aliphatic carbocycles. The van der Waals surface area contributed by atoms with Gasteiger partial charge in [-0.2, -0.15) is 0 Å². The van der Waals surface area contributed by atoms with E-state index in [1.54, 1.807) is 0 Å². The van der Waals surface area contributed by atoms with Gasteiger partial charge in [-0.1, -0.05) is 18.2 Å². The number of benzene rings is 1. The first-order valence-electron chi connectivity index (χ1n) is 9.09. The molecule has 3 rings (SSSR count). The predicted octanol–water partition coefficient (Wildman–Crippen LogP) is 2.03. The Balaban J connectivity index is 1.31. The first-order chi connectivity index (χ1) is 11.8. The third kappa shape index (κ3) is 4.95. The molecule has 5 nitrogen and oxygen atoms in total. The normalized spacial score (nSPS) is 20.1. The summed E-state index contributed by atoms with van der Waals surface area (Å²) < 4.78 is 11.1. The van der Waals surface area contributed by atoms with Crippen LogP contribution in [0.3, 0.4) is 0 Å². The molecule has 0 aromatic heterocycles. The Hall–Kier alpha value is -1.59. The molecule has 0 atom stereocenters. The summed E-state index contributed by atoms with van der Waals surface area (Å²) in [5, 5.41) is 0. The first kappa shape index (κ1) is 17.2. The standard InChI is InChI=1S/C19H28N2O3/c22-19(21-12-15-23-16-13-21)17-7-10-20(11-8-17)9-4-14-24-18-5-2-1-3-6-18/h1-3,5-6,17H,4,7-16H2. The number of piperidine rings is 1. The van der Waals surface area contributed by atoms with Crippen LogP contribution in [0.5, 0.6) is 5.75 Å². The summed E-state index contributed by atoms with van der Waals surface area (Å²) in [6.45, 7) is 6.73. The number of hydrogen-bond acceptors (Lipinski definition) is 4. The van der Waals surface area contributed by atoms with Crippen molar-refractivity contribution < 1.29 is 14.3 Å². The van der Waals surface area contributed by atoms with E-state index >= 15 is 0 Å². The highest BCUT2D eigenvalue weighted by Gasteiger charge is 2.29. The molecule has 0 radical (unpaired) electrons. The molecular weight excluding hydrogens is 304 g/mol. The van der Waals surface area contributed by atoms with E-state index in [1.165, 1.54) is 0 Å². The minimum atomic E-state index is 0.208. The Kier molecular flexibility index (Phi) is 6.49. The van der Waals surface area contributed by atoms with Gasteiger partial charge in [0.15, 0.2) is 0 Å². The summed E-state index contributed by atoms with van der Waals surface area (Å²) in [5.41, 5.74) is 0. The molecule has 24 heavy (non-hydrogen) atoms. The van der Waals surface area contributed by atoms with Gasteiger partial charge in [-0.3, -0.25) is 4.79 Å². The monoisotopic (exact) mass is 332 g/mol. The largest absolute Gasteiger partial charge is 0.494 e. The van der Waals surface area contributed by atoms with Gasteiger partial charge in [0.2, 0.25) is 5.91 Å². The summed E-state index contributed by atoms with van der Waals surface area (Å²) in [4.78, 5) is 16.9. The third-order valence-electron chi connectivity index (χ3n) is 4.89. The lowest BCUT2D eigenvalue weighted by molar-refractivity contribution is -0.141. The van der Waals surface area contributed by atoms with Gasteiger partial charge in [0.1, 0.15) is 5.75 Å². The summed E-state index contributed by atoms with van der Waals surface area (Å²) in [7, 11) is 0. The Morgan fingerprint density at radius 3 is 2.50 bits per heavy atom. The molecule has 132 valence electrons. The van der Waals surface area contributed by atoms with Crippen LogP contribution in [0.1, 0.15) is 19.3 Å². The van der Waals surface area contributed by atoms with Gasteiger partial charge in [0, 0.05) is 25.6 Å². The second kappa shape index (κ2) is 9.04. The zero-order valence-electron chi connectivity index (χ0n) is 14.4. The molecule has 0 saturated carbocycles. The van der Waals surface area contributed by atoms with Gasteiger partial charge in [0.05, 0.1) is 19.8 Å². The number of rotatable bonds is 6. The first-order valence-corrected chi connectivity index (χ1v) is 9.09. The number of morpholine rings is 1. The number of hydrogen-bond donors (Lipinski definition) is 0.